The van der Waals surface area contributed by atoms with Gasteiger partial charge in [-0.3, -0.25) is 0 Å². The quantitative estimate of drug-likeness (QED) is 0.0490. The highest BCUT2D eigenvalue weighted by Crippen LogP contribution is 2.32. The molecule has 10 nitrogen and oxygen atoms in total. The second-order valence-corrected chi connectivity index (χ2v) is 15.1. The van der Waals surface area contributed by atoms with Crippen LogP contribution < -0.4 is 14.2 Å². The summed E-state index contributed by atoms with van der Waals surface area (Å²) in [5, 5.41) is 10.1. The minimum absolute atomic E-state index is 0.00204. The van der Waals surface area contributed by atoms with Crippen LogP contribution in [0.4, 0.5) is 5.69 Å². The first-order valence-electron chi connectivity index (χ1n) is 20.6. The van der Waals surface area contributed by atoms with Gasteiger partial charge in [-0.25, -0.2) is 9.64 Å². The molecule has 2 aliphatic heterocycles. The molecule has 56 heavy (non-hydrogen) atoms. The average molecular weight is 772 g/mol. The van der Waals surface area contributed by atoms with Gasteiger partial charge in [-0.1, -0.05) is 81.8 Å². The fourth-order valence-corrected chi connectivity index (χ4v) is 7.55. The van der Waals surface area contributed by atoms with Gasteiger partial charge in [0.1, 0.15) is 22.8 Å². The van der Waals surface area contributed by atoms with E-state index < -0.39 is 12.1 Å². The smallest absolute Gasteiger partial charge is 0.347 e. The number of ether oxygens (including phenoxy) is 7. The molecule has 2 fully saturated rings. The number of esters is 1. The third-order valence-corrected chi connectivity index (χ3v) is 10.5. The maximum Gasteiger partial charge on any atom is 0.347 e. The summed E-state index contributed by atoms with van der Waals surface area (Å²) in [4.78, 5) is 16.6. The number of benzene rings is 3. The first-order valence-corrected chi connectivity index (χ1v) is 20.6. The number of carbonyl (C=O) groups excluding carboxylic acids is 1. The van der Waals surface area contributed by atoms with Gasteiger partial charge in [0.2, 0.25) is 0 Å². The van der Waals surface area contributed by atoms with Gasteiger partial charge >= 0.3 is 5.97 Å². The normalized spacial score (nSPS) is 22.9. The summed E-state index contributed by atoms with van der Waals surface area (Å²) >= 11 is 0. The molecule has 7 atom stereocenters. The lowest BCUT2D eigenvalue weighted by molar-refractivity contribution is -0.271. The Labute approximate surface area is 333 Å². The Morgan fingerprint density at radius 1 is 0.804 bits per heavy atom. The Balaban J connectivity index is 0.972. The maximum absolute atomic E-state index is 13.2. The van der Waals surface area contributed by atoms with E-state index in [1.807, 2.05) is 38.1 Å². The van der Waals surface area contributed by atoms with Gasteiger partial charge in [-0.05, 0) is 81.3 Å². The van der Waals surface area contributed by atoms with E-state index in [4.69, 9.17) is 39.7 Å². The van der Waals surface area contributed by atoms with Crippen molar-refractivity contribution in [1.82, 2.24) is 0 Å². The number of hydrogen-bond donors (Lipinski definition) is 1. The zero-order valence-electron chi connectivity index (χ0n) is 33.7. The molecule has 2 aliphatic rings. The number of carbonyl (C=O) groups is 1. The van der Waals surface area contributed by atoms with Crippen molar-refractivity contribution in [2.24, 2.45) is 0 Å². The molecule has 3 aromatic rings. The van der Waals surface area contributed by atoms with E-state index in [0.29, 0.717) is 41.5 Å². The number of methoxy groups -OCH3 is 1. The molecule has 0 radical (unpaired) electrons. The highest BCUT2D eigenvalue weighted by atomic mass is 16.7. The van der Waals surface area contributed by atoms with Gasteiger partial charge in [0, 0.05) is 25.3 Å². The Kier molecular flexibility index (Phi) is 17.5. The number of nitrogens with zero attached hydrogens (tertiary/aromatic N) is 1. The van der Waals surface area contributed by atoms with Crippen molar-refractivity contribution in [2.45, 2.75) is 154 Å². The van der Waals surface area contributed by atoms with Gasteiger partial charge in [0.05, 0.1) is 50.8 Å². The number of hydrogen-bond acceptors (Lipinski definition) is 9. The van der Waals surface area contributed by atoms with E-state index in [1.54, 1.807) is 49.6 Å². The number of aliphatic hydroxyl groups excluding tert-OH is 1. The van der Waals surface area contributed by atoms with Gasteiger partial charge in [0.15, 0.2) is 18.3 Å². The van der Waals surface area contributed by atoms with Crippen LogP contribution in [0.1, 0.15) is 121 Å². The van der Waals surface area contributed by atoms with Crippen molar-refractivity contribution < 1.29 is 43.1 Å². The fraction of sp³-hybridized carbons (Fsp3) is 0.565. The van der Waals surface area contributed by atoms with E-state index in [9.17, 15) is 9.90 Å². The van der Waals surface area contributed by atoms with E-state index in [-0.39, 0.29) is 37.0 Å². The molecule has 0 saturated carbocycles. The lowest BCUT2D eigenvalue weighted by Crippen LogP contribution is -2.43. The minimum atomic E-state index is -0.498. The summed E-state index contributed by atoms with van der Waals surface area (Å²) in [6, 6.07) is 19.8. The second kappa shape index (κ2) is 22.7. The Bertz CT molecular complexity index is 1650. The molecule has 3 aromatic carbocycles. The van der Waals surface area contributed by atoms with Crippen molar-refractivity contribution in [3.05, 3.63) is 83.7 Å². The monoisotopic (exact) mass is 771 g/mol. The second-order valence-electron chi connectivity index (χ2n) is 15.1. The van der Waals surface area contributed by atoms with Crippen LogP contribution in [0.2, 0.25) is 0 Å². The van der Waals surface area contributed by atoms with Gasteiger partial charge in [-0.2, -0.15) is 0 Å². The zero-order valence-corrected chi connectivity index (χ0v) is 33.7. The van der Waals surface area contributed by atoms with Crippen LogP contribution in [0.15, 0.2) is 66.7 Å². The summed E-state index contributed by atoms with van der Waals surface area (Å²) in [7, 11) is 1.59. The van der Waals surface area contributed by atoms with Crippen molar-refractivity contribution in [2.75, 3.05) is 13.7 Å². The first kappa shape index (κ1) is 43.1. The molecular formula is C46H61NO9. The molecule has 0 aliphatic carbocycles. The number of aliphatic hydroxyl groups is 1. The van der Waals surface area contributed by atoms with Crippen LogP contribution in [0.5, 0.6) is 17.2 Å². The molecule has 304 valence electrons. The highest BCUT2D eigenvalue weighted by Gasteiger charge is 2.35. The third kappa shape index (κ3) is 13.9. The topological polar surface area (TPSA) is 106 Å². The van der Waals surface area contributed by atoms with Crippen LogP contribution in [0.3, 0.4) is 0 Å². The molecule has 7 unspecified atom stereocenters. The predicted molar refractivity (Wildman–Crippen MR) is 216 cm³/mol. The summed E-state index contributed by atoms with van der Waals surface area (Å²) in [5.74, 6) is 0.981. The molecule has 0 amide bonds. The molecule has 0 bridgehead atoms. The predicted octanol–water partition coefficient (Wildman–Crippen LogP) is 10.6. The van der Waals surface area contributed by atoms with Crippen molar-refractivity contribution >= 4 is 11.7 Å². The largest absolute Gasteiger partial charge is 0.497 e. The third-order valence-electron chi connectivity index (χ3n) is 10.5. The van der Waals surface area contributed by atoms with E-state index in [2.05, 4.69) is 11.8 Å². The number of unbranched alkanes of at least 4 members (excludes halogenated alkanes) is 7. The molecular weight excluding hydrogens is 711 g/mol. The standard InChI is InChI=1S/C46H61NO9/c1-6-37-28-41(53-33(3)52-37)30-42-29-40(27-32(2)48)54-45(55-42)15-13-11-9-7-8-10-12-14-26-51-44-31-39(50-5)24-25-43(44)46(49)56-38-22-18-35(19-23-38)34-16-20-36(47-4)21-17-34/h16-25,31-33,37,40-42,45,48H,6-15,26-30H2,1-3,5H3. The van der Waals surface area contributed by atoms with E-state index >= 15 is 0 Å². The van der Waals surface area contributed by atoms with Crippen LogP contribution >= 0.6 is 0 Å². The molecule has 5 rings (SSSR count). The lowest BCUT2D eigenvalue weighted by Gasteiger charge is -2.40. The van der Waals surface area contributed by atoms with Crippen molar-refractivity contribution in [3.63, 3.8) is 0 Å². The molecule has 1 N–H and O–H groups in total. The summed E-state index contributed by atoms with van der Waals surface area (Å²) in [6.07, 6.45) is 13.3. The van der Waals surface area contributed by atoms with Crippen molar-refractivity contribution in [1.29, 1.82) is 0 Å². The Morgan fingerprint density at radius 2 is 1.39 bits per heavy atom. The summed E-state index contributed by atoms with van der Waals surface area (Å²) < 4.78 is 41.9. The molecule has 2 heterocycles. The summed E-state index contributed by atoms with van der Waals surface area (Å²) in [5.41, 5.74) is 2.87. The molecule has 0 spiro atoms. The zero-order chi connectivity index (χ0) is 39.7. The Morgan fingerprint density at radius 3 is 2.05 bits per heavy atom. The van der Waals surface area contributed by atoms with Crippen LogP contribution in [-0.4, -0.2) is 67.9 Å². The van der Waals surface area contributed by atoms with E-state index in [1.165, 1.54) is 19.3 Å². The van der Waals surface area contributed by atoms with Crippen LogP contribution in [-0.2, 0) is 18.9 Å². The van der Waals surface area contributed by atoms with Gasteiger partial charge < -0.3 is 38.3 Å². The number of rotatable bonds is 21. The molecule has 0 aromatic heterocycles. The lowest BCUT2D eigenvalue weighted by atomic mass is 9.96. The highest BCUT2D eigenvalue weighted by molar-refractivity contribution is 5.94. The van der Waals surface area contributed by atoms with Crippen molar-refractivity contribution in [3.8, 4) is 28.4 Å². The SMILES string of the molecule is [C-]#[N+]c1ccc(-c2ccc(OC(=O)c3ccc(OC)cc3OCCCCCCCCCCC3OC(CC(C)O)CC(CC4CC(CC)OC(C)O4)O3)cc2)cc1. The van der Waals surface area contributed by atoms with Gasteiger partial charge in [0.25, 0.3) is 0 Å². The van der Waals surface area contributed by atoms with Crippen LogP contribution in [0.25, 0.3) is 16.0 Å². The van der Waals surface area contributed by atoms with Gasteiger partial charge in [-0.15, -0.1) is 0 Å². The summed E-state index contributed by atoms with van der Waals surface area (Å²) in [6.45, 7) is 13.6. The first-order chi connectivity index (χ1) is 27.2. The minimum Gasteiger partial charge on any atom is -0.497 e. The molecule has 10 heteroatoms. The average Bonchev–Trinajstić information content (AvgIpc) is 3.19. The fourth-order valence-electron chi connectivity index (χ4n) is 7.55. The Hall–Kier alpha value is -3.98. The molecule has 2 saturated heterocycles. The van der Waals surface area contributed by atoms with Crippen LogP contribution in [0, 0.1) is 6.57 Å². The maximum atomic E-state index is 13.2. The van der Waals surface area contributed by atoms with E-state index in [0.717, 1.165) is 75.3 Å².